The van der Waals surface area contributed by atoms with Gasteiger partial charge in [-0.05, 0) is 36.4 Å². The van der Waals surface area contributed by atoms with E-state index in [2.05, 4.69) is 25.3 Å². The van der Waals surface area contributed by atoms with Crippen LogP contribution in [0.2, 0.25) is 0 Å². The largest absolute Gasteiger partial charge is 0.368 e. The Morgan fingerprint density at radius 3 is 2.62 bits per heavy atom. The summed E-state index contributed by atoms with van der Waals surface area (Å²) in [4.78, 5) is 17.2. The number of thiazole rings is 1. The molecule has 0 aliphatic rings. The number of anilines is 3. The lowest BCUT2D eigenvalue weighted by atomic mass is 10.3. The highest BCUT2D eigenvalue weighted by molar-refractivity contribution is 8.00. The van der Waals surface area contributed by atoms with Crippen LogP contribution in [-0.4, -0.2) is 19.9 Å². The van der Waals surface area contributed by atoms with Crippen molar-refractivity contribution in [2.24, 2.45) is 0 Å². The quantitative estimate of drug-likeness (QED) is 0.497. The molecule has 0 amide bonds. The van der Waals surface area contributed by atoms with Crippen molar-refractivity contribution in [2.45, 2.75) is 10.1 Å². The van der Waals surface area contributed by atoms with E-state index in [-0.39, 0.29) is 11.8 Å². The number of nitrogens with zero attached hydrogens (tertiary/aromatic N) is 4. The summed E-state index contributed by atoms with van der Waals surface area (Å²) < 4.78 is 15.1. The number of nitrogen functional groups attached to an aromatic ring is 1. The highest BCUT2D eigenvalue weighted by atomic mass is 32.2. The van der Waals surface area contributed by atoms with E-state index in [0.717, 1.165) is 14.6 Å². The van der Waals surface area contributed by atoms with Crippen molar-refractivity contribution < 1.29 is 4.39 Å². The van der Waals surface area contributed by atoms with Crippen molar-refractivity contribution in [1.29, 1.82) is 0 Å². The van der Waals surface area contributed by atoms with Gasteiger partial charge in [-0.2, -0.15) is 15.0 Å². The third-order valence-electron chi connectivity index (χ3n) is 3.40. The van der Waals surface area contributed by atoms with Gasteiger partial charge in [-0.3, -0.25) is 0 Å². The van der Waals surface area contributed by atoms with Gasteiger partial charge in [0.15, 0.2) is 4.34 Å². The van der Waals surface area contributed by atoms with Gasteiger partial charge in [-0.15, -0.1) is 11.3 Å². The predicted molar refractivity (Wildman–Crippen MR) is 103 cm³/mol. The number of rotatable bonds is 5. The first-order valence-corrected chi connectivity index (χ1v) is 9.47. The van der Waals surface area contributed by atoms with E-state index in [1.54, 1.807) is 35.2 Å². The summed E-state index contributed by atoms with van der Waals surface area (Å²) in [6, 6.07) is 13.9. The maximum absolute atomic E-state index is 13.0. The molecule has 4 rings (SSSR count). The smallest absolute Gasteiger partial charge is 0.232 e. The van der Waals surface area contributed by atoms with Gasteiger partial charge in [0.25, 0.3) is 0 Å². The molecule has 2 aromatic carbocycles. The molecular formula is C17H13FN6S2. The Bertz CT molecular complexity index is 1020. The number of halogens is 1. The minimum absolute atomic E-state index is 0.129. The molecule has 3 N–H and O–H groups in total. The first kappa shape index (κ1) is 16.7. The molecule has 0 aliphatic heterocycles. The fourth-order valence-electron chi connectivity index (χ4n) is 2.26. The van der Waals surface area contributed by atoms with E-state index in [1.165, 1.54) is 12.1 Å². The van der Waals surface area contributed by atoms with Gasteiger partial charge in [-0.25, -0.2) is 9.37 Å². The molecule has 0 radical (unpaired) electrons. The number of nitrogens with one attached hydrogen (secondary N) is 1. The van der Waals surface area contributed by atoms with Crippen LogP contribution in [-0.2, 0) is 5.75 Å². The van der Waals surface area contributed by atoms with E-state index < -0.39 is 0 Å². The van der Waals surface area contributed by atoms with Crippen LogP contribution in [0.1, 0.15) is 5.82 Å². The van der Waals surface area contributed by atoms with Gasteiger partial charge in [0.2, 0.25) is 11.9 Å². The number of thioether (sulfide) groups is 1. The molecule has 0 spiro atoms. The molecule has 9 heteroatoms. The van der Waals surface area contributed by atoms with Crippen molar-refractivity contribution in [3.63, 3.8) is 0 Å². The van der Waals surface area contributed by atoms with Gasteiger partial charge >= 0.3 is 0 Å². The Balaban J connectivity index is 1.49. The van der Waals surface area contributed by atoms with Crippen LogP contribution in [0.5, 0.6) is 0 Å². The summed E-state index contributed by atoms with van der Waals surface area (Å²) in [5, 5.41) is 3.00. The lowest BCUT2D eigenvalue weighted by molar-refractivity contribution is 0.628. The number of hydrogen-bond acceptors (Lipinski definition) is 8. The Morgan fingerprint density at radius 1 is 1.00 bits per heavy atom. The van der Waals surface area contributed by atoms with Gasteiger partial charge < -0.3 is 11.1 Å². The fourth-order valence-corrected chi connectivity index (χ4v) is 4.18. The van der Waals surface area contributed by atoms with Crippen molar-refractivity contribution >= 4 is 50.9 Å². The third-order valence-corrected chi connectivity index (χ3v) is 5.57. The fraction of sp³-hybridized carbons (Fsp3) is 0.0588. The number of benzene rings is 2. The molecule has 130 valence electrons. The number of para-hydroxylation sites is 1. The minimum atomic E-state index is -0.307. The second-order valence-corrected chi connectivity index (χ2v) is 7.55. The zero-order chi connectivity index (χ0) is 17.9. The second-order valence-electron chi connectivity index (χ2n) is 5.30. The first-order chi connectivity index (χ1) is 12.7. The lowest BCUT2D eigenvalue weighted by Crippen LogP contribution is -2.06. The van der Waals surface area contributed by atoms with Crippen molar-refractivity contribution in [3.05, 3.63) is 60.2 Å². The van der Waals surface area contributed by atoms with Crippen LogP contribution in [0.4, 0.5) is 22.0 Å². The van der Waals surface area contributed by atoms with Gasteiger partial charge in [0.1, 0.15) is 11.6 Å². The van der Waals surface area contributed by atoms with Gasteiger partial charge in [0.05, 0.1) is 16.0 Å². The molecule has 0 fully saturated rings. The van der Waals surface area contributed by atoms with Crippen molar-refractivity contribution in [2.75, 3.05) is 11.1 Å². The van der Waals surface area contributed by atoms with Crippen LogP contribution in [0.15, 0.2) is 52.9 Å². The molecule has 6 nitrogen and oxygen atoms in total. The molecular weight excluding hydrogens is 371 g/mol. The van der Waals surface area contributed by atoms with Crippen LogP contribution >= 0.6 is 23.1 Å². The van der Waals surface area contributed by atoms with Gasteiger partial charge in [-0.1, -0.05) is 23.9 Å². The standard InChI is InChI=1S/C17H13FN6S2/c18-10-5-7-11(8-6-10)20-16-23-14(22-15(19)24-16)9-25-17-21-12-3-1-2-4-13(12)26-17/h1-8H,9H2,(H3,19,20,22,23,24). The predicted octanol–water partition coefficient (Wildman–Crippen LogP) is 4.24. The van der Waals surface area contributed by atoms with Crippen LogP contribution in [0.25, 0.3) is 10.2 Å². The van der Waals surface area contributed by atoms with Crippen molar-refractivity contribution in [1.82, 2.24) is 19.9 Å². The number of fused-ring (bicyclic) bond motifs is 1. The second kappa shape index (κ2) is 7.22. The Morgan fingerprint density at radius 2 is 1.81 bits per heavy atom. The first-order valence-electron chi connectivity index (χ1n) is 7.67. The topological polar surface area (TPSA) is 89.6 Å². The van der Waals surface area contributed by atoms with Crippen LogP contribution in [0.3, 0.4) is 0 Å². The average Bonchev–Trinajstić information content (AvgIpc) is 3.04. The molecule has 4 aromatic rings. The normalized spacial score (nSPS) is 11.0. The van der Waals surface area contributed by atoms with Gasteiger partial charge in [0, 0.05) is 5.69 Å². The molecule has 2 aromatic heterocycles. The third kappa shape index (κ3) is 3.89. The summed E-state index contributed by atoms with van der Waals surface area (Å²) in [5.74, 6) is 1.21. The van der Waals surface area contributed by atoms with E-state index in [9.17, 15) is 4.39 Å². The average molecular weight is 384 g/mol. The highest BCUT2D eigenvalue weighted by Gasteiger charge is 2.09. The highest BCUT2D eigenvalue weighted by Crippen LogP contribution is 2.31. The molecule has 0 bridgehead atoms. The molecule has 0 saturated heterocycles. The molecule has 0 aliphatic carbocycles. The van der Waals surface area contributed by atoms with E-state index in [4.69, 9.17) is 5.73 Å². The monoisotopic (exact) mass is 384 g/mol. The van der Waals surface area contributed by atoms with Crippen LogP contribution in [0, 0.1) is 5.82 Å². The maximum atomic E-state index is 13.0. The molecule has 26 heavy (non-hydrogen) atoms. The Kier molecular flexibility index (Phi) is 4.63. The molecule has 2 heterocycles. The molecule has 0 atom stereocenters. The van der Waals surface area contributed by atoms with E-state index in [1.807, 2.05) is 24.3 Å². The van der Waals surface area contributed by atoms with Crippen molar-refractivity contribution in [3.8, 4) is 0 Å². The van der Waals surface area contributed by atoms with E-state index >= 15 is 0 Å². The number of aromatic nitrogens is 4. The summed E-state index contributed by atoms with van der Waals surface area (Å²) in [6.45, 7) is 0. The molecule has 0 unspecified atom stereocenters. The Hall–Kier alpha value is -2.78. The molecule has 0 saturated carbocycles. The minimum Gasteiger partial charge on any atom is -0.368 e. The summed E-state index contributed by atoms with van der Waals surface area (Å²) in [5.41, 5.74) is 7.43. The van der Waals surface area contributed by atoms with Crippen LogP contribution < -0.4 is 11.1 Å². The summed E-state index contributed by atoms with van der Waals surface area (Å²) in [7, 11) is 0. The SMILES string of the molecule is Nc1nc(CSc2nc3ccccc3s2)nc(Nc2ccc(F)cc2)n1. The maximum Gasteiger partial charge on any atom is 0.232 e. The summed E-state index contributed by atoms with van der Waals surface area (Å²) >= 11 is 3.17. The lowest BCUT2D eigenvalue weighted by Gasteiger charge is -2.07. The zero-order valence-corrected chi connectivity index (χ0v) is 15.0. The zero-order valence-electron chi connectivity index (χ0n) is 13.4. The Labute approximate surface area is 156 Å². The number of nitrogens with two attached hydrogens (primary N) is 1. The van der Waals surface area contributed by atoms with E-state index in [0.29, 0.717) is 23.2 Å². The summed E-state index contributed by atoms with van der Waals surface area (Å²) in [6.07, 6.45) is 0. The number of hydrogen-bond donors (Lipinski definition) is 2.